The van der Waals surface area contributed by atoms with Crippen molar-refractivity contribution in [1.82, 2.24) is 15.0 Å². The summed E-state index contributed by atoms with van der Waals surface area (Å²) < 4.78 is 21.3. The van der Waals surface area contributed by atoms with Gasteiger partial charge in [0.2, 0.25) is 0 Å². The SMILES string of the molecule is CCC(=O)ON1CCC(F)(CNc2ncnc(N)c2-c2ccc(Oc3ccccc3)cc2)CC1. The fourth-order valence-electron chi connectivity index (χ4n) is 3.74. The number of nitrogen functional groups attached to an aromatic ring is 1. The Morgan fingerprint density at radius 3 is 2.44 bits per heavy atom. The number of nitrogens with two attached hydrogens (primary N) is 1. The summed E-state index contributed by atoms with van der Waals surface area (Å²) in [5.41, 5.74) is 6.09. The summed E-state index contributed by atoms with van der Waals surface area (Å²) in [7, 11) is 0. The lowest BCUT2D eigenvalue weighted by Crippen LogP contribution is -2.46. The maximum Gasteiger partial charge on any atom is 0.324 e. The van der Waals surface area contributed by atoms with Gasteiger partial charge in [-0.1, -0.05) is 37.3 Å². The number of anilines is 2. The average molecular weight is 466 g/mol. The molecule has 0 spiro atoms. The van der Waals surface area contributed by atoms with E-state index in [4.69, 9.17) is 15.3 Å². The molecule has 8 nitrogen and oxygen atoms in total. The lowest BCUT2D eigenvalue weighted by Gasteiger charge is -2.35. The molecule has 0 bridgehead atoms. The molecular formula is C25H28FN5O3. The standard InChI is InChI=1S/C25H28FN5O3/c1-2-21(32)34-31-14-12-25(26,13-15-31)16-28-24-22(23(27)29-17-30-24)18-8-10-20(11-9-18)33-19-6-4-3-5-7-19/h3-11,17H,2,12-16H2,1H3,(H3,27,28,29,30). The molecule has 9 heteroatoms. The van der Waals surface area contributed by atoms with E-state index in [-0.39, 0.29) is 31.8 Å². The minimum Gasteiger partial charge on any atom is -0.457 e. The molecule has 4 rings (SSSR count). The summed E-state index contributed by atoms with van der Waals surface area (Å²) in [4.78, 5) is 25.1. The van der Waals surface area contributed by atoms with E-state index in [0.29, 0.717) is 36.0 Å². The molecule has 0 atom stereocenters. The highest BCUT2D eigenvalue weighted by Crippen LogP contribution is 2.34. The van der Waals surface area contributed by atoms with Crippen LogP contribution in [0.5, 0.6) is 11.5 Å². The van der Waals surface area contributed by atoms with Gasteiger partial charge in [0.1, 0.15) is 35.1 Å². The maximum atomic E-state index is 15.4. The number of para-hydroxylation sites is 1. The number of halogens is 1. The van der Waals surface area contributed by atoms with Crippen LogP contribution in [0.15, 0.2) is 60.9 Å². The highest BCUT2D eigenvalue weighted by molar-refractivity contribution is 5.83. The monoisotopic (exact) mass is 465 g/mol. The lowest BCUT2D eigenvalue weighted by molar-refractivity contribution is -0.200. The number of aromatic nitrogens is 2. The molecular weight excluding hydrogens is 437 g/mol. The summed E-state index contributed by atoms with van der Waals surface area (Å²) in [6.07, 6.45) is 2.11. The minimum atomic E-state index is -1.46. The quantitative estimate of drug-likeness (QED) is 0.498. The van der Waals surface area contributed by atoms with Crippen LogP contribution in [0.1, 0.15) is 26.2 Å². The minimum absolute atomic E-state index is 0.0568. The van der Waals surface area contributed by atoms with Gasteiger partial charge in [-0.15, -0.1) is 5.06 Å². The molecule has 3 N–H and O–H groups in total. The van der Waals surface area contributed by atoms with Gasteiger partial charge in [-0.05, 0) is 42.7 Å². The zero-order valence-corrected chi connectivity index (χ0v) is 19.0. The van der Waals surface area contributed by atoms with Crippen molar-refractivity contribution in [3.63, 3.8) is 0 Å². The summed E-state index contributed by atoms with van der Waals surface area (Å²) in [6, 6.07) is 16.9. The Balaban J connectivity index is 1.43. The van der Waals surface area contributed by atoms with Crippen LogP contribution in [0, 0.1) is 0 Å². The second-order valence-corrected chi connectivity index (χ2v) is 8.17. The molecule has 1 aromatic heterocycles. The maximum absolute atomic E-state index is 15.4. The molecule has 0 saturated carbocycles. The predicted molar refractivity (Wildman–Crippen MR) is 128 cm³/mol. The van der Waals surface area contributed by atoms with Crippen molar-refractivity contribution in [2.75, 3.05) is 30.7 Å². The van der Waals surface area contributed by atoms with E-state index < -0.39 is 5.67 Å². The lowest BCUT2D eigenvalue weighted by atomic mass is 9.94. The number of hydroxylamine groups is 2. The van der Waals surface area contributed by atoms with E-state index in [1.807, 2.05) is 54.6 Å². The second-order valence-electron chi connectivity index (χ2n) is 8.17. The topological polar surface area (TPSA) is 103 Å². The third kappa shape index (κ3) is 5.79. The number of benzene rings is 2. The van der Waals surface area contributed by atoms with Crippen LogP contribution in [-0.2, 0) is 9.63 Å². The predicted octanol–water partition coefficient (Wildman–Crippen LogP) is 4.60. The Bertz CT molecular complexity index is 1100. The fraction of sp³-hybridized carbons (Fsp3) is 0.320. The first kappa shape index (κ1) is 23.4. The Kier molecular flexibility index (Phi) is 7.22. The first-order chi connectivity index (χ1) is 16.5. The molecule has 0 aliphatic carbocycles. The third-order valence-corrected chi connectivity index (χ3v) is 5.71. The van der Waals surface area contributed by atoms with Gasteiger partial charge in [-0.25, -0.2) is 14.4 Å². The first-order valence-corrected chi connectivity index (χ1v) is 11.3. The molecule has 1 saturated heterocycles. The van der Waals surface area contributed by atoms with Gasteiger partial charge in [0.15, 0.2) is 0 Å². The van der Waals surface area contributed by atoms with Gasteiger partial charge >= 0.3 is 5.97 Å². The number of rotatable bonds is 8. The first-order valence-electron chi connectivity index (χ1n) is 11.3. The Morgan fingerprint density at radius 2 is 1.76 bits per heavy atom. The van der Waals surface area contributed by atoms with E-state index >= 15 is 4.39 Å². The number of piperidine rings is 1. The molecule has 0 unspecified atom stereocenters. The highest BCUT2D eigenvalue weighted by Gasteiger charge is 2.36. The van der Waals surface area contributed by atoms with Gasteiger partial charge < -0.3 is 20.6 Å². The largest absolute Gasteiger partial charge is 0.457 e. The second kappa shape index (κ2) is 10.5. The van der Waals surface area contributed by atoms with Crippen molar-refractivity contribution in [1.29, 1.82) is 0 Å². The van der Waals surface area contributed by atoms with Crippen LogP contribution < -0.4 is 15.8 Å². The van der Waals surface area contributed by atoms with Crippen molar-refractivity contribution in [3.05, 3.63) is 60.9 Å². The molecule has 2 heterocycles. The number of hydrogen-bond donors (Lipinski definition) is 2. The van der Waals surface area contributed by atoms with Crippen LogP contribution in [-0.4, -0.2) is 46.3 Å². The smallest absolute Gasteiger partial charge is 0.324 e. The van der Waals surface area contributed by atoms with E-state index in [2.05, 4.69) is 15.3 Å². The normalized spacial score (nSPS) is 15.5. The van der Waals surface area contributed by atoms with E-state index in [0.717, 1.165) is 11.3 Å². The summed E-state index contributed by atoms with van der Waals surface area (Å²) in [6.45, 7) is 2.46. The fourth-order valence-corrected chi connectivity index (χ4v) is 3.74. The van der Waals surface area contributed by atoms with Crippen molar-refractivity contribution in [2.45, 2.75) is 31.9 Å². The molecule has 178 valence electrons. The third-order valence-electron chi connectivity index (χ3n) is 5.71. The van der Waals surface area contributed by atoms with Crippen LogP contribution >= 0.6 is 0 Å². The van der Waals surface area contributed by atoms with Crippen LogP contribution in [0.3, 0.4) is 0 Å². The van der Waals surface area contributed by atoms with Gasteiger partial charge in [0.05, 0.1) is 12.1 Å². The molecule has 1 aliphatic heterocycles. The molecule has 1 fully saturated rings. The zero-order valence-electron chi connectivity index (χ0n) is 19.0. The highest BCUT2D eigenvalue weighted by atomic mass is 19.1. The molecule has 0 amide bonds. The van der Waals surface area contributed by atoms with Gasteiger partial charge in [-0.2, -0.15) is 0 Å². The number of carbonyl (C=O) groups is 1. The number of hydrogen-bond acceptors (Lipinski definition) is 8. The van der Waals surface area contributed by atoms with Gasteiger partial charge in [0.25, 0.3) is 0 Å². The molecule has 34 heavy (non-hydrogen) atoms. The number of ether oxygens (including phenoxy) is 1. The summed E-state index contributed by atoms with van der Waals surface area (Å²) in [5.74, 6) is 1.86. The van der Waals surface area contributed by atoms with Crippen molar-refractivity contribution in [2.24, 2.45) is 0 Å². The number of nitrogens with zero attached hydrogens (tertiary/aromatic N) is 3. The van der Waals surface area contributed by atoms with Crippen molar-refractivity contribution < 1.29 is 18.8 Å². The number of alkyl halides is 1. The van der Waals surface area contributed by atoms with Gasteiger partial charge in [-0.3, -0.25) is 4.79 Å². The van der Waals surface area contributed by atoms with Crippen LogP contribution in [0.25, 0.3) is 11.1 Å². The number of nitrogens with one attached hydrogen (secondary N) is 1. The molecule has 1 aliphatic rings. The van der Waals surface area contributed by atoms with E-state index in [9.17, 15) is 4.79 Å². The van der Waals surface area contributed by atoms with Crippen LogP contribution in [0.2, 0.25) is 0 Å². The van der Waals surface area contributed by atoms with Crippen LogP contribution in [0.4, 0.5) is 16.0 Å². The number of carbonyl (C=O) groups excluding carboxylic acids is 1. The Morgan fingerprint density at radius 1 is 1.09 bits per heavy atom. The summed E-state index contributed by atoms with van der Waals surface area (Å²) in [5, 5.41) is 4.65. The van der Waals surface area contributed by atoms with E-state index in [1.165, 1.54) is 11.4 Å². The van der Waals surface area contributed by atoms with Crippen molar-refractivity contribution >= 4 is 17.6 Å². The average Bonchev–Trinajstić information content (AvgIpc) is 2.86. The molecule has 2 aromatic carbocycles. The zero-order chi connectivity index (χ0) is 24.0. The van der Waals surface area contributed by atoms with Crippen molar-refractivity contribution in [3.8, 4) is 22.6 Å². The van der Waals surface area contributed by atoms with Gasteiger partial charge in [0, 0.05) is 19.5 Å². The molecule has 3 aromatic rings. The Hall–Kier alpha value is -3.72. The Labute approximate surface area is 197 Å². The summed E-state index contributed by atoms with van der Waals surface area (Å²) >= 11 is 0. The van der Waals surface area contributed by atoms with E-state index in [1.54, 1.807) is 6.92 Å². The molecule has 0 radical (unpaired) electrons.